The number of H-pyrrole nitrogens is 1. The van der Waals surface area contributed by atoms with E-state index in [1.165, 1.54) is 18.9 Å². The Bertz CT molecular complexity index is 1440. The van der Waals surface area contributed by atoms with E-state index in [1.807, 2.05) is 24.3 Å². The number of benzene rings is 2. The molecule has 0 radical (unpaired) electrons. The fraction of sp³-hybridized carbons (Fsp3) is 0.387. The minimum atomic E-state index is -4.89. The number of pyridine rings is 1. The van der Waals surface area contributed by atoms with Gasteiger partial charge in [0, 0.05) is 47.7 Å². The van der Waals surface area contributed by atoms with Crippen molar-refractivity contribution in [2.45, 2.75) is 63.3 Å². The smallest absolute Gasteiger partial charge is 0.417 e. The molecule has 2 aromatic heterocycles. The quantitative estimate of drug-likeness (QED) is 0.233. The summed E-state index contributed by atoms with van der Waals surface area (Å²) >= 11 is 0. The summed E-state index contributed by atoms with van der Waals surface area (Å²) < 4.78 is 43.5. The first kappa shape index (κ1) is 27.2. The van der Waals surface area contributed by atoms with Crippen molar-refractivity contribution < 1.29 is 23.4 Å². The van der Waals surface area contributed by atoms with Gasteiger partial charge in [-0.3, -0.25) is 9.88 Å². The minimum Gasteiger partial charge on any atom is -0.508 e. The highest BCUT2D eigenvalue weighted by Gasteiger charge is 2.56. The molecule has 39 heavy (non-hydrogen) atoms. The van der Waals surface area contributed by atoms with E-state index in [2.05, 4.69) is 14.9 Å². The monoisotopic (exact) mass is 537 g/mol. The summed E-state index contributed by atoms with van der Waals surface area (Å²) in [6.07, 6.45) is -0.484. The number of phenols is 1. The lowest BCUT2D eigenvalue weighted by Crippen LogP contribution is -2.50. The van der Waals surface area contributed by atoms with Gasteiger partial charge < -0.3 is 15.2 Å². The van der Waals surface area contributed by atoms with Crippen molar-refractivity contribution >= 4 is 10.9 Å². The van der Waals surface area contributed by atoms with Gasteiger partial charge >= 0.3 is 6.18 Å². The summed E-state index contributed by atoms with van der Waals surface area (Å²) in [5.41, 5.74) is -0.231. The van der Waals surface area contributed by atoms with Crippen LogP contribution in [0.15, 0.2) is 67.0 Å². The lowest BCUT2D eigenvalue weighted by atomic mass is 9.72. The molecule has 206 valence electrons. The lowest BCUT2D eigenvalue weighted by Gasteiger charge is -2.38. The molecule has 3 heterocycles. The number of hydrogen-bond donors (Lipinski definition) is 3. The van der Waals surface area contributed by atoms with E-state index < -0.39 is 30.0 Å². The van der Waals surface area contributed by atoms with Gasteiger partial charge in [-0.05, 0) is 90.7 Å². The van der Waals surface area contributed by atoms with Gasteiger partial charge in [0.05, 0.1) is 0 Å². The van der Waals surface area contributed by atoms with Crippen molar-refractivity contribution in [1.29, 1.82) is 0 Å². The van der Waals surface area contributed by atoms with Crippen LogP contribution in [0.25, 0.3) is 22.0 Å². The summed E-state index contributed by atoms with van der Waals surface area (Å²) in [7, 11) is 0. The van der Waals surface area contributed by atoms with Crippen LogP contribution in [0.5, 0.6) is 5.75 Å². The summed E-state index contributed by atoms with van der Waals surface area (Å²) in [6, 6.07) is 16.1. The number of aromatic nitrogens is 2. The topological polar surface area (TPSA) is 72.4 Å². The molecule has 0 spiro atoms. The molecular weight excluding hydrogens is 503 g/mol. The normalized spacial score (nSPS) is 16.6. The molecule has 5 nitrogen and oxygen atoms in total. The average molecular weight is 538 g/mol. The molecular formula is C31H34F3N3O2. The van der Waals surface area contributed by atoms with Crippen LogP contribution in [0, 0.1) is 0 Å². The van der Waals surface area contributed by atoms with Crippen molar-refractivity contribution in [3.05, 3.63) is 83.8 Å². The van der Waals surface area contributed by atoms with Crippen LogP contribution in [0.4, 0.5) is 13.2 Å². The van der Waals surface area contributed by atoms with Gasteiger partial charge in [-0.2, -0.15) is 13.2 Å². The van der Waals surface area contributed by atoms with E-state index in [9.17, 15) is 23.4 Å². The summed E-state index contributed by atoms with van der Waals surface area (Å²) in [6.45, 7) is 6.17. The largest absolute Gasteiger partial charge is 0.508 e. The Hall–Kier alpha value is -3.36. The number of fused-ring (bicyclic) bond motifs is 1. The molecule has 2 aromatic carbocycles. The second-order valence-electron chi connectivity index (χ2n) is 11.4. The number of alkyl halides is 3. The van der Waals surface area contributed by atoms with Gasteiger partial charge in [0.15, 0.2) is 5.60 Å². The van der Waals surface area contributed by atoms with Crippen LogP contribution >= 0.6 is 0 Å². The fourth-order valence-electron chi connectivity index (χ4n) is 5.83. The number of rotatable bonds is 8. The molecule has 0 unspecified atom stereocenters. The van der Waals surface area contributed by atoms with Crippen LogP contribution in [0.2, 0.25) is 0 Å². The molecule has 1 aliphatic rings. The standard InChI is InChI=1S/C31H34F3N3O2/c1-29(2,26-16-22(8-10-28(26)38)23-6-5-11-35-18-23)20-30(39,31(32,33)34)17-25-15-24-14-21(7-9-27(24)36-25)19-37-12-3-4-13-37/h5-11,14-16,18,36,38-39H,3-4,12-13,17,19-20H2,1-2H3/t30-/m1/s1. The Morgan fingerprint density at radius 2 is 1.74 bits per heavy atom. The molecule has 4 aromatic rings. The number of nitrogens with zero attached hydrogens (tertiary/aromatic N) is 2. The molecule has 0 amide bonds. The van der Waals surface area contributed by atoms with Crippen molar-refractivity contribution in [3.63, 3.8) is 0 Å². The molecule has 0 aliphatic carbocycles. The second kappa shape index (κ2) is 10.3. The number of likely N-dealkylation sites (tertiary alicyclic amines) is 1. The van der Waals surface area contributed by atoms with E-state index >= 15 is 0 Å². The number of aliphatic hydroxyl groups is 1. The maximum absolute atomic E-state index is 14.5. The average Bonchev–Trinajstić information content (AvgIpc) is 3.52. The molecule has 1 saturated heterocycles. The third-order valence-electron chi connectivity index (χ3n) is 7.81. The SMILES string of the molecule is CC(C)(C[C@](O)(Cc1cc2cc(CN3CCCC3)ccc2[nH]1)C(F)(F)F)c1cc(-c2cccnc2)ccc1O. The summed E-state index contributed by atoms with van der Waals surface area (Å²) in [5, 5.41) is 22.7. The summed E-state index contributed by atoms with van der Waals surface area (Å²) in [4.78, 5) is 9.56. The number of phenolic OH excluding ortho intramolecular Hbond substituents is 1. The Morgan fingerprint density at radius 1 is 0.974 bits per heavy atom. The van der Waals surface area contributed by atoms with Crippen molar-refractivity contribution in [2.75, 3.05) is 13.1 Å². The maximum atomic E-state index is 14.5. The van der Waals surface area contributed by atoms with Crippen LogP contribution in [-0.4, -0.2) is 49.9 Å². The van der Waals surface area contributed by atoms with Crippen LogP contribution in [-0.2, 0) is 18.4 Å². The van der Waals surface area contributed by atoms with Gasteiger partial charge in [0.2, 0.25) is 0 Å². The van der Waals surface area contributed by atoms with Gasteiger partial charge in [0.25, 0.3) is 0 Å². The molecule has 5 rings (SSSR count). The molecule has 1 fully saturated rings. The van der Waals surface area contributed by atoms with Crippen LogP contribution < -0.4 is 0 Å². The van der Waals surface area contributed by atoms with E-state index in [1.54, 1.807) is 50.5 Å². The molecule has 1 atom stereocenters. The molecule has 0 saturated carbocycles. The number of aromatic amines is 1. The van der Waals surface area contributed by atoms with E-state index in [0.29, 0.717) is 11.3 Å². The van der Waals surface area contributed by atoms with E-state index in [-0.39, 0.29) is 5.75 Å². The Labute approximate surface area is 226 Å². The fourth-order valence-corrected chi connectivity index (χ4v) is 5.83. The second-order valence-corrected chi connectivity index (χ2v) is 11.4. The maximum Gasteiger partial charge on any atom is 0.417 e. The summed E-state index contributed by atoms with van der Waals surface area (Å²) in [5.74, 6) is -0.117. The van der Waals surface area contributed by atoms with Crippen molar-refractivity contribution in [3.8, 4) is 16.9 Å². The predicted octanol–water partition coefficient (Wildman–Crippen LogP) is 6.74. The predicted molar refractivity (Wildman–Crippen MR) is 146 cm³/mol. The Morgan fingerprint density at radius 3 is 2.44 bits per heavy atom. The Kier molecular flexibility index (Phi) is 7.20. The van der Waals surface area contributed by atoms with Gasteiger partial charge in [-0.25, -0.2) is 0 Å². The van der Waals surface area contributed by atoms with Gasteiger partial charge in [-0.15, -0.1) is 0 Å². The molecule has 0 bridgehead atoms. The van der Waals surface area contributed by atoms with Crippen molar-refractivity contribution in [2.24, 2.45) is 0 Å². The Balaban J connectivity index is 1.42. The van der Waals surface area contributed by atoms with E-state index in [4.69, 9.17) is 0 Å². The highest BCUT2D eigenvalue weighted by Crippen LogP contribution is 2.45. The first-order valence-electron chi connectivity index (χ1n) is 13.3. The number of halogens is 3. The van der Waals surface area contributed by atoms with Gasteiger partial charge in [-0.1, -0.05) is 32.0 Å². The number of hydrogen-bond acceptors (Lipinski definition) is 4. The third-order valence-corrected chi connectivity index (χ3v) is 7.81. The molecule has 1 aliphatic heterocycles. The van der Waals surface area contributed by atoms with E-state index in [0.717, 1.165) is 47.2 Å². The molecule has 3 N–H and O–H groups in total. The van der Waals surface area contributed by atoms with Crippen molar-refractivity contribution in [1.82, 2.24) is 14.9 Å². The first-order chi connectivity index (χ1) is 18.4. The van der Waals surface area contributed by atoms with Crippen LogP contribution in [0.3, 0.4) is 0 Å². The van der Waals surface area contributed by atoms with Gasteiger partial charge in [0.1, 0.15) is 5.75 Å². The highest BCUT2D eigenvalue weighted by molar-refractivity contribution is 5.81. The lowest BCUT2D eigenvalue weighted by molar-refractivity contribution is -0.266. The third kappa shape index (κ3) is 5.82. The number of aromatic hydroxyl groups is 1. The molecule has 8 heteroatoms. The zero-order valence-corrected chi connectivity index (χ0v) is 22.2. The zero-order valence-electron chi connectivity index (χ0n) is 22.2. The zero-order chi connectivity index (χ0) is 27.8. The highest BCUT2D eigenvalue weighted by atomic mass is 19.4. The minimum absolute atomic E-state index is 0.117. The number of nitrogens with one attached hydrogen (secondary N) is 1. The van der Waals surface area contributed by atoms with Crippen LogP contribution in [0.1, 0.15) is 49.9 Å². The first-order valence-corrected chi connectivity index (χ1v) is 13.3.